The van der Waals surface area contributed by atoms with Crippen molar-refractivity contribution in [2.24, 2.45) is 0 Å². The number of nitrogens with one attached hydrogen (secondary N) is 2. The lowest BCUT2D eigenvalue weighted by Crippen LogP contribution is -2.44. The standard InChI is InChI=1S/C16H19N5O3/c22-16(17-10-12-4-1-2-6-15(12)21(23)24)20-9-3-5-13(11-20)14-7-8-18-19-14/h1-2,4,6-8,13H,3,5,9-11H2,(H,17,22)(H,18,19). The summed E-state index contributed by atoms with van der Waals surface area (Å²) in [6.45, 7) is 1.44. The molecule has 1 aromatic heterocycles. The van der Waals surface area contributed by atoms with Crippen LogP contribution in [-0.4, -0.2) is 39.1 Å². The molecule has 0 spiro atoms. The first-order chi connectivity index (χ1) is 11.6. The first-order valence-corrected chi connectivity index (χ1v) is 7.89. The minimum absolute atomic E-state index is 0.0202. The normalized spacial score (nSPS) is 17.5. The molecule has 1 fully saturated rings. The van der Waals surface area contributed by atoms with Gasteiger partial charge in [0.2, 0.25) is 0 Å². The van der Waals surface area contributed by atoms with Crippen LogP contribution in [0.1, 0.15) is 30.0 Å². The monoisotopic (exact) mass is 329 g/mol. The van der Waals surface area contributed by atoms with Gasteiger partial charge in [0.25, 0.3) is 5.69 Å². The van der Waals surface area contributed by atoms with Gasteiger partial charge in [-0.1, -0.05) is 18.2 Å². The van der Waals surface area contributed by atoms with Gasteiger partial charge in [0.05, 0.1) is 11.5 Å². The van der Waals surface area contributed by atoms with Crippen molar-refractivity contribution in [1.82, 2.24) is 20.4 Å². The SMILES string of the molecule is O=C(NCc1ccccc1[N+](=O)[O-])N1CCCC(c2ccn[nH]2)C1. The molecule has 1 aliphatic rings. The number of carbonyl (C=O) groups excluding carboxylic acids is 1. The highest BCUT2D eigenvalue weighted by Crippen LogP contribution is 2.25. The number of piperidine rings is 1. The number of aromatic amines is 1. The van der Waals surface area contributed by atoms with Crippen LogP contribution in [0.2, 0.25) is 0 Å². The minimum Gasteiger partial charge on any atom is -0.334 e. The van der Waals surface area contributed by atoms with E-state index >= 15 is 0 Å². The zero-order valence-corrected chi connectivity index (χ0v) is 13.1. The number of aromatic nitrogens is 2. The van der Waals surface area contributed by atoms with Crippen LogP contribution in [0.3, 0.4) is 0 Å². The molecule has 0 aliphatic carbocycles. The van der Waals surface area contributed by atoms with E-state index in [1.165, 1.54) is 6.07 Å². The average molecular weight is 329 g/mol. The number of hydrogen-bond acceptors (Lipinski definition) is 4. The van der Waals surface area contributed by atoms with E-state index in [4.69, 9.17) is 0 Å². The fourth-order valence-electron chi connectivity index (χ4n) is 3.03. The van der Waals surface area contributed by atoms with Gasteiger partial charge in [-0.25, -0.2) is 4.79 Å². The lowest BCUT2D eigenvalue weighted by molar-refractivity contribution is -0.385. The number of nitrogens with zero attached hydrogens (tertiary/aromatic N) is 3. The van der Waals surface area contributed by atoms with Crippen LogP contribution < -0.4 is 5.32 Å². The second kappa shape index (κ2) is 7.12. The zero-order valence-electron chi connectivity index (χ0n) is 13.1. The zero-order chi connectivity index (χ0) is 16.9. The quantitative estimate of drug-likeness (QED) is 0.664. The Bertz CT molecular complexity index is 716. The highest BCUT2D eigenvalue weighted by Gasteiger charge is 2.25. The van der Waals surface area contributed by atoms with Gasteiger partial charge >= 0.3 is 6.03 Å². The summed E-state index contributed by atoms with van der Waals surface area (Å²) in [5, 5.41) is 20.7. The van der Waals surface area contributed by atoms with Crippen molar-refractivity contribution in [2.75, 3.05) is 13.1 Å². The van der Waals surface area contributed by atoms with Crippen LogP contribution in [0.5, 0.6) is 0 Å². The smallest absolute Gasteiger partial charge is 0.317 e. The van der Waals surface area contributed by atoms with Crippen molar-refractivity contribution in [2.45, 2.75) is 25.3 Å². The Hall–Kier alpha value is -2.90. The number of benzene rings is 1. The van der Waals surface area contributed by atoms with Crippen molar-refractivity contribution >= 4 is 11.7 Å². The summed E-state index contributed by atoms with van der Waals surface area (Å²) in [6, 6.07) is 8.17. The Morgan fingerprint density at radius 1 is 1.42 bits per heavy atom. The number of hydrogen-bond donors (Lipinski definition) is 2. The molecule has 1 aliphatic heterocycles. The third kappa shape index (κ3) is 3.53. The second-order valence-electron chi connectivity index (χ2n) is 5.84. The molecule has 2 aromatic rings. The average Bonchev–Trinajstić information content (AvgIpc) is 3.14. The molecule has 8 nitrogen and oxygen atoms in total. The van der Waals surface area contributed by atoms with Crippen molar-refractivity contribution in [3.8, 4) is 0 Å². The van der Waals surface area contributed by atoms with Gasteiger partial charge in [-0.15, -0.1) is 0 Å². The number of urea groups is 1. The molecule has 1 atom stereocenters. The van der Waals surface area contributed by atoms with E-state index in [0.717, 1.165) is 18.5 Å². The molecule has 1 saturated heterocycles. The largest absolute Gasteiger partial charge is 0.334 e. The molecular weight excluding hydrogens is 310 g/mol. The van der Waals surface area contributed by atoms with Crippen molar-refractivity contribution in [3.05, 3.63) is 57.9 Å². The molecule has 3 rings (SSSR count). The molecule has 2 N–H and O–H groups in total. The summed E-state index contributed by atoms with van der Waals surface area (Å²) in [7, 11) is 0. The van der Waals surface area contributed by atoms with Gasteiger partial charge in [-0.05, 0) is 18.9 Å². The van der Waals surface area contributed by atoms with E-state index in [0.29, 0.717) is 18.7 Å². The molecule has 0 radical (unpaired) electrons. The number of nitro groups is 1. The molecule has 2 heterocycles. The summed E-state index contributed by atoms with van der Waals surface area (Å²) >= 11 is 0. The molecule has 1 aromatic carbocycles. The van der Waals surface area contributed by atoms with Gasteiger partial charge in [-0.3, -0.25) is 15.2 Å². The third-order valence-electron chi connectivity index (χ3n) is 4.29. The Kier molecular flexibility index (Phi) is 4.74. The maximum atomic E-state index is 12.4. The van der Waals surface area contributed by atoms with Gasteiger partial charge in [0.1, 0.15) is 0 Å². The number of rotatable bonds is 4. The van der Waals surface area contributed by atoms with E-state index in [9.17, 15) is 14.9 Å². The molecule has 0 bridgehead atoms. The summed E-state index contributed by atoms with van der Waals surface area (Å²) in [5.74, 6) is 0.248. The Labute approximate surface area is 139 Å². The highest BCUT2D eigenvalue weighted by atomic mass is 16.6. The Morgan fingerprint density at radius 3 is 3.00 bits per heavy atom. The maximum absolute atomic E-state index is 12.4. The van der Waals surface area contributed by atoms with E-state index < -0.39 is 4.92 Å². The molecule has 2 amide bonds. The Morgan fingerprint density at radius 2 is 2.25 bits per heavy atom. The first-order valence-electron chi connectivity index (χ1n) is 7.89. The maximum Gasteiger partial charge on any atom is 0.317 e. The summed E-state index contributed by atoms with van der Waals surface area (Å²) in [6.07, 6.45) is 3.64. The van der Waals surface area contributed by atoms with Crippen LogP contribution in [0.15, 0.2) is 36.5 Å². The van der Waals surface area contributed by atoms with Crippen molar-refractivity contribution in [1.29, 1.82) is 0 Å². The molecule has 24 heavy (non-hydrogen) atoms. The van der Waals surface area contributed by atoms with E-state index in [-0.39, 0.29) is 24.2 Å². The van der Waals surface area contributed by atoms with Crippen LogP contribution in [0, 0.1) is 10.1 Å². The minimum atomic E-state index is -0.434. The van der Waals surface area contributed by atoms with E-state index in [1.54, 1.807) is 29.3 Å². The van der Waals surface area contributed by atoms with Crippen LogP contribution in [0.4, 0.5) is 10.5 Å². The molecule has 0 saturated carbocycles. The summed E-state index contributed by atoms with van der Waals surface area (Å²) < 4.78 is 0. The number of nitro benzene ring substituents is 1. The summed E-state index contributed by atoms with van der Waals surface area (Å²) in [5.41, 5.74) is 1.55. The second-order valence-corrected chi connectivity index (χ2v) is 5.84. The number of amides is 2. The Balaban J connectivity index is 1.60. The van der Waals surface area contributed by atoms with Crippen molar-refractivity contribution in [3.63, 3.8) is 0 Å². The van der Waals surface area contributed by atoms with Gasteiger partial charge < -0.3 is 10.2 Å². The number of likely N-dealkylation sites (tertiary alicyclic amines) is 1. The van der Waals surface area contributed by atoms with Crippen LogP contribution in [-0.2, 0) is 6.54 Å². The number of carbonyl (C=O) groups is 1. The molecular formula is C16H19N5O3. The van der Waals surface area contributed by atoms with Crippen LogP contribution >= 0.6 is 0 Å². The topological polar surface area (TPSA) is 104 Å². The fourth-order valence-corrected chi connectivity index (χ4v) is 3.03. The summed E-state index contributed by atoms with van der Waals surface area (Å²) in [4.78, 5) is 24.7. The molecule has 8 heteroatoms. The third-order valence-corrected chi connectivity index (χ3v) is 4.29. The van der Waals surface area contributed by atoms with Gasteiger partial charge in [0.15, 0.2) is 0 Å². The predicted molar refractivity (Wildman–Crippen MR) is 87.5 cm³/mol. The predicted octanol–water partition coefficient (Wildman–Crippen LogP) is 2.41. The van der Waals surface area contributed by atoms with E-state index in [1.807, 2.05) is 6.07 Å². The number of H-pyrrole nitrogens is 1. The highest BCUT2D eigenvalue weighted by molar-refractivity contribution is 5.74. The number of para-hydroxylation sites is 1. The van der Waals surface area contributed by atoms with Gasteiger partial charge in [-0.2, -0.15) is 5.10 Å². The van der Waals surface area contributed by atoms with Gasteiger partial charge in [0, 0.05) is 42.5 Å². The molecule has 1 unspecified atom stereocenters. The van der Waals surface area contributed by atoms with E-state index in [2.05, 4.69) is 15.5 Å². The lowest BCUT2D eigenvalue weighted by atomic mass is 9.95. The fraction of sp³-hybridized carbons (Fsp3) is 0.375. The van der Waals surface area contributed by atoms with Crippen LogP contribution in [0.25, 0.3) is 0 Å². The first kappa shape index (κ1) is 16.0. The lowest BCUT2D eigenvalue weighted by Gasteiger charge is -2.32. The molecule has 126 valence electrons. The van der Waals surface area contributed by atoms with Crippen molar-refractivity contribution < 1.29 is 9.72 Å².